The van der Waals surface area contributed by atoms with E-state index in [1.165, 1.54) is 16.5 Å². The van der Waals surface area contributed by atoms with Crippen molar-refractivity contribution in [1.82, 2.24) is 0 Å². The first-order valence-corrected chi connectivity index (χ1v) is 9.38. The molecule has 108 valence electrons. The van der Waals surface area contributed by atoms with E-state index in [1.807, 2.05) is 6.92 Å². The van der Waals surface area contributed by atoms with Gasteiger partial charge in [-0.05, 0) is 25.5 Å². The Bertz CT molecular complexity index is 639. The zero-order valence-corrected chi connectivity index (χ0v) is 13.4. The molecule has 0 aliphatic carbocycles. The predicted octanol–water partition coefficient (Wildman–Crippen LogP) is 3.77. The topological polar surface area (TPSA) is 30.2 Å². The summed E-state index contributed by atoms with van der Waals surface area (Å²) >= 11 is 0. The van der Waals surface area contributed by atoms with Crippen molar-refractivity contribution < 1.29 is 13.7 Å². The summed E-state index contributed by atoms with van der Waals surface area (Å²) in [6, 6.07) is 10.5. The fourth-order valence-corrected chi connectivity index (χ4v) is 3.88. The number of para-hydroxylation sites is 1. The van der Waals surface area contributed by atoms with Gasteiger partial charge in [-0.2, -0.15) is 4.57 Å². The van der Waals surface area contributed by atoms with Crippen LogP contribution in [0.5, 0.6) is 0 Å². The van der Waals surface area contributed by atoms with Crippen LogP contribution in [0.15, 0.2) is 36.5 Å². The van der Waals surface area contributed by atoms with Crippen LogP contribution in [0.3, 0.4) is 0 Å². The lowest BCUT2D eigenvalue weighted by atomic mass is 10.1. The molecule has 0 fully saturated rings. The lowest BCUT2D eigenvalue weighted by Crippen LogP contribution is -2.34. The molecule has 0 radical (unpaired) electrons. The number of nitrogens with zero attached hydrogens (tertiary/aromatic N) is 1. The molecule has 20 heavy (non-hydrogen) atoms. The Hall–Kier alpha value is -1.18. The highest BCUT2D eigenvalue weighted by Gasteiger charge is 2.17. The number of fused-ring (bicyclic) bond motifs is 1. The van der Waals surface area contributed by atoms with Crippen LogP contribution in [-0.4, -0.2) is 19.4 Å². The van der Waals surface area contributed by atoms with Crippen LogP contribution in [-0.2, 0) is 15.6 Å². The molecule has 2 rings (SSSR count). The van der Waals surface area contributed by atoms with E-state index in [1.54, 1.807) is 6.66 Å². The van der Waals surface area contributed by atoms with E-state index in [0.717, 1.165) is 13.0 Å². The molecule has 0 aliphatic heterocycles. The van der Waals surface area contributed by atoms with Crippen molar-refractivity contribution in [3.05, 3.63) is 42.1 Å². The van der Waals surface area contributed by atoms with Gasteiger partial charge in [-0.3, -0.25) is 4.57 Å². The summed E-state index contributed by atoms with van der Waals surface area (Å²) in [5, 5.41) is 1.28. The van der Waals surface area contributed by atoms with Crippen LogP contribution in [0.4, 0.5) is 0 Å². The maximum Gasteiger partial charge on any atom is 0.212 e. The van der Waals surface area contributed by atoms with Crippen LogP contribution in [0.2, 0.25) is 0 Å². The third-order valence-corrected chi connectivity index (χ3v) is 5.44. The van der Waals surface area contributed by atoms with Crippen LogP contribution < -0.4 is 4.57 Å². The van der Waals surface area contributed by atoms with Crippen LogP contribution in [0, 0.1) is 6.92 Å². The molecule has 1 aromatic heterocycles. The largest absolute Gasteiger partial charge is 0.329 e. The van der Waals surface area contributed by atoms with Gasteiger partial charge >= 0.3 is 0 Å². The molecular formula is C16H23NO2P+. The van der Waals surface area contributed by atoms with E-state index in [0.29, 0.717) is 12.8 Å². The van der Waals surface area contributed by atoms with E-state index in [4.69, 9.17) is 4.52 Å². The molecular weight excluding hydrogens is 269 g/mol. The summed E-state index contributed by atoms with van der Waals surface area (Å²) < 4.78 is 19.6. The molecule has 3 nitrogen and oxygen atoms in total. The predicted molar refractivity (Wildman–Crippen MR) is 83.5 cm³/mol. The number of hydrogen-bond donors (Lipinski definition) is 0. The van der Waals surface area contributed by atoms with Gasteiger partial charge in [0.05, 0.1) is 6.61 Å². The SMILES string of the molecule is CCOP(C)(=O)CCC[n+]1ccc(C)c2ccccc21. The van der Waals surface area contributed by atoms with E-state index in [-0.39, 0.29) is 0 Å². The summed E-state index contributed by atoms with van der Waals surface area (Å²) in [6.07, 6.45) is 3.61. The highest BCUT2D eigenvalue weighted by atomic mass is 31.2. The third kappa shape index (κ3) is 3.68. The van der Waals surface area contributed by atoms with Gasteiger partial charge in [-0.1, -0.05) is 12.1 Å². The van der Waals surface area contributed by atoms with Gasteiger partial charge in [-0.25, -0.2) is 0 Å². The molecule has 0 amide bonds. The first-order chi connectivity index (χ1) is 9.53. The van der Waals surface area contributed by atoms with Crippen LogP contribution in [0.1, 0.15) is 18.9 Å². The summed E-state index contributed by atoms with van der Waals surface area (Å²) in [6.45, 7) is 7.13. The van der Waals surface area contributed by atoms with Crippen molar-refractivity contribution in [2.45, 2.75) is 26.8 Å². The fourth-order valence-electron chi connectivity index (χ4n) is 2.49. The minimum atomic E-state index is -2.41. The quantitative estimate of drug-likeness (QED) is 0.599. The zero-order valence-electron chi connectivity index (χ0n) is 12.5. The second-order valence-corrected chi connectivity index (χ2v) is 7.95. The maximum atomic E-state index is 12.1. The Morgan fingerprint density at radius 1 is 1.25 bits per heavy atom. The van der Waals surface area contributed by atoms with Gasteiger partial charge in [0, 0.05) is 36.8 Å². The molecule has 1 aromatic carbocycles. The first kappa shape index (κ1) is 15.2. The van der Waals surface area contributed by atoms with Gasteiger partial charge in [0.1, 0.15) is 6.54 Å². The van der Waals surface area contributed by atoms with E-state index in [9.17, 15) is 4.57 Å². The molecule has 1 atom stereocenters. The zero-order chi connectivity index (χ0) is 14.6. The third-order valence-electron chi connectivity index (χ3n) is 3.51. The Labute approximate surface area is 121 Å². The van der Waals surface area contributed by atoms with Crippen molar-refractivity contribution in [2.75, 3.05) is 19.4 Å². The normalized spacial score (nSPS) is 14.3. The molecule has 2 aromatic rings. The standard InChI is InChI=1S/C16H23NO2P/c1-4-19-20(3,18)13-7-11-17-12-10-14(2)15-8-5-6-9-16(15)17/h5-6,8-10,12H,4,7,11,13H2,1-3H3/q+1. The van der Waals surface area contributed by atoms with Gasteiger partial charge in [0.15, 0.2) is 13.6 Å². The van der Waals surface area contributed by atoms with E-state index >= 15 is 0 Å². The van der Waals surface area contributed by atoms with Crippen molar-refractivity contribution in [3.63, 3.8) is 0 Å². The fraction of sp³-hybridized carbons (Fsp3) is 0.438. The summed E-state index contributed by atoms with van der Waals surface area (Å²) in [7, 11) is -2.41. The molecule has 1 unspecified atom stereocenters. The Morgan fingerprint density at radius 2 is 2.00 bits per heavy atom. The molecule has 0 spiro atoms. The summed E-state index contributed by atoms with van der Waals surface area (Å²) in [5.74, 6) is 0. The average Bonchev–Trinajstić information content (AvgIpc) is 2.41. The lowest BCUT2D eigenvalue weighted by molar-refractivity contribution is -0.671. The Kier molecular flexibility index (Phi) is 4.95. The van der Waals surface area contributed by atoms with Crippen molar-refractivity contribution in [2.24, 2.45) is 0 Å². The Morgan fingerprint density at radius 3 is 2.75 bits per heavy atom. The smallest absolute Gasteiger partial charge is 0.212 e. The first-order valence-electron chi connectivity index (χ1n) is 7.12. The number of aromatic nitrogens is 1. The number of hydrogen-bond acceptors (Lipinski definition) is 2. The second kappa shape index (κ2) is 6.51. The summed E-state index contributed by atoms with van der Waals surface area (Å²) in [5.41, 5.74) is 2.52. The second-order valence-electron chi connectivity index (χ2n) is 5.22. The Balaban J connectivity index is 2.11. The average molecular weight is 292 g/mol. The number of pyridine rings is 1. The van der Waals surface area contributed by atoms with Crippen LogP contribution >= 0.6 is 7.37 Å². The molecule has 0 saturated heterocycles. The van der Waals surface area contributed by atoms with Crippen molar-refractivity contribution in [3.8, 4) is 0 Å². The highest BCUT2D eigenvalue weighted by molar-refractivity contribution is 7.58. The minimum absolute atomic E-state index is 0.522. The minimum Gasteiger partial charge on any atom is -0.329 e. The maximum absolute atomic E-state index is 12.1. The van der Waals surface area contributed by atoms with Crippen LogP contribution in [0.25, 0.3) is 10.9 Å². The summed E-state index contributed by atoms with van der Waals surface area (Å²) in [4.78, 5) is 0. The monoisotopic (exact) mass is 292 g/mol. The molecule has 4 heteroatoms. The molecule has 0 saturated carbocycles. The number of aryl methyl sites for hydroxylation is 2. The number of rotatable bonds is 6. The van der Waals surface area contributed by atoms with E-state index < -0.39 is 7.37 Å². The van der Waals surface area contributed by atoms with Gasteiger partial charge in [0.25, 0.3) is 0 Å². The molecule has 0 N–H and O–H groups in total. The highest BCUT2D eigenvalue weighted by Crippen LogP contribution is 2.42. The van der Waals surface area contributed by atoms with Crippen molar-refractivity contribution >= 4 is 18.3 Å². The van der Waals surface area contributed by atoms with Crippen molar-refractivity contribution in [1.29, 1.82) is 0 Å². The van der Waals surface area contributed by atoms with Gasteiger partial charge in [0.2, 0.25) is 5.52 Å². The lowest BCUT2D eigenvalue weighted by Gasteiger charge is -2.11. The van der Waals surface area contributed by atoms with Gasteiger partial charge < -0.3 is 4.52 Å². The molecule has 1 heterocycles. The van der Waals surface area contributed by atoms with Gasteiger partial charge in [-0.15, -0.1) is 0 Å². The molecule has 0 aliphatic rings. The number of benzene rings is 1. The van der Waals surface area contributed by atoms with E-state index in [2.05, 4.69) is 48.0 Å². The molecule has 0 bridgehead atoms.